The number of rotatable bonds is 1. The fourth-order valence-electron chi connectivity index (χ4n) is 5.55. The summed E-state index contributed by atoms with van der Waals surface area (Å²) in [7, 11) is 0. The van der Waals surface area contributed by atoms with Crippen LogP contribution in [-0.4, -0.2) is 40.3 Å². The van der Waals surface area contributed by atoms with Crippen LogP contribution < -0.4 is 16.4 Å². The van der Waals surface area contributed by atoms with E-state index in [2.05, 4.69) is 45.4 Å². The molecular formula is C24H28ClN5O. The number of nitrogen functional groups attached to an aromatic ring is 1. The Morgan fingerprint density at radius 2 is 1.94 bits per heavy atom. The van der Waals surface area contributed by atoms with Crippen LogP contribution in [0, 0.1) is 18.8 Å². The number of aliphatic hydroxyl groups is 1. The van der Waals surface area contributed by atoms with Crippen molar-refractivity contribution >= 4 is 23.2 Å². The number of halogens is 1. The van der Waals surface area contributed by atoms with Gasteiger partial charge in [0.1, 0.15) is 5.60 Å². The second-order valence-corrected chi connectivity index (χ2v) is 9.55. The molecule has 1 saturated heterocycles. The molecule has 2 aromatic rings. The molecule has 0 bridgehead atoms. The van der Waals surface area contributed by atoms with Gasteiger partial charge in [-0.25, -0.2) is 9.97 Å². The molecule has 31 heavy (non-hydrogen) atoms. The fraction of sp³-hybridized carbons (Fsp3) is 0.500. The summed E-state index contributed by atoms with van der Waals surface area (Å²) in [6.07, 6.45) is 7.16. The van der Waals surface area contributed by atoms with E-state index in [0.717, 1.165) is 80.5 Å². The van der Waals surface area contributed by atoms with Crippen molar-refractivity contribution in [1.82, 2.24) is 15.3 Å². The molecule has 6 nitrogen and oxygen atoms in total. The average Bonchev–Trinajstić information content (AvgIpc) is 3.34. The summed E-state index contributed by atoms with van der Waals surface area (Å²) in [5.41, 5.74) is 11.0. The van der Waals surface area contributed by atoms with Gasteiger partial charge in [0.25, 0.3) is 0 Å². The Balaban J connectivity index is 1.73. The van der Waals surface area contributed by atoms with Crippen molar-refractivity contribution in [3.05, 3.63) is 34.0 Å². The molecule has 3 aliphatic rings. The first-order chi connectivity index (χ1) is 14.9. The molecule has 1 saturated carbocycles. The van der Waals surface area contributed by atoms with Crippen LogP contribution in [-0.2, 0) is 5.41 Å². The van der Waals surface area contributed by atoms with Gasteiger partial charge in [-0.2, -0.15) is 0 Å². The summed E-state index contributed by atoms with van der Waals surface area (Å²) < 4.78 is 0. The lowest BCUT2D eigenvalue weighted by Gasteiger charge is -2.35. The largest absolute Gasteiger partial charge is 0.384 e. The summed E-state index contributed by atoms with van der Waals surface area (Å²) in [5.74, 6) is 6.63. The molecule has 3 heterocycles. The normalized spacial score (nSPS) is 20.7. The maximum atomic E-state index is 10.8. The average molecular weight is 438 g/mol. The van der Waals surface area contributed by atoms with Crippen molar-refractivity contribution in [2.24, 2.45) is 0 Å². The number of aromatic nitrogens is 2. The van der Waals surface area contributed by atoms with Crippen molar-refractivity contribution in [3.8, 4) is 23.1 Å². The zero-order valence-corrected chi connectivity index (χ0v) is 18.6. The number of nitrogens with zero attached hydrogens (tertiary/aromatic N) is 2. The first-order valence-corrected chi connectivity index (χ1v) is 11.5. The van der Waals surface area contributed by atoms with Crippen molar-refractivity contribution < 1.29 is 5.11 Å². The lowest BCUT2D eigenvalue weighted by molar-refractivity contribution is 0.110. The minimum atomic E-state index is -0.914. The fourth-order valence-corrected chi connectivity index (χ4v) is 5.74. The number of nitrogens with one attached hydrogen (secondary N) is 2. The molecule has 1 spiro atoms. The summed E-state index contributed by atoms with van der Waals surface area (Å²) in [6.45, 7) is 5.07. The molecule has 1 aliphatic carbocycles. The van der Waals surface area contributed by atoms with E-state index in [-0.39, 0.29) is 11.4 Å². The third-order valence-corrected chi connectivity index (χ3v) is 7.42. The van der Waals surface area contributed by atoms with Crippen molar-refractivity contribution in [2.45, 2.75) is 56.5 Å². The maximum Gasteiger partial charge on any atom is 0.220 e. The van der Waals surface area contributed by atoms with Crippen LogP contribution in [0.3, 0.4) is 0 Å². The van der Waals surface area contributed by atoms with Gasteiger partial charge in [-0.3, -0.25) is 0 Å². The molecule has 0 radical (unpaired) electrons. The number of fused-ring (bicyclic) bond motifs is 2. The number of nitrogens with two attached hydrogens (primary N) is 1. The predicted octanol–water partition coefficient (Wildman–Crippen LogP) is 3.39. The summed E-state index contributed by atoms with van der Waals surface area (Å²) in [4.78, 5) is 8.53. The van der Waals surface area contributed by atoms with Gasteiger partial charge in [0.15, 0.2) is 0 Å². The molecule has 2 fully saturated rings. The molecule has 162 valence electrons. The monoisotopic (exact) mass is 437 g/mol. The zero-order valence-electron chi connectivity index (χ0n) is 17.8. The molecule has 2 aliphatic heterocycles. The van der Waals surface area contributed by atoms with Gasteiger partial charge in [0.05, 0.1) is 16.9 Å². The Labute approximate surface area is 188 Å². The van der Waals surface area contributed by atoms with Crippen LogP contribution in [0.25, 0.3) is 11.3 Å². The Kier molecular flexibility index (Phi) is 5.09. The van der Waals surface area contributed by atoms with Crippen LogP contribution in [0.2, 0.25) is 5.02 Å². The maximum absolute atomic E-state index is 10.8. The summed E-state index contributed by atoms with van der Waals surface area (Å²) in [6, 6.07) is 2.11. The Morgan fingerprint density at radius 3 is 2.68 bits per heavy atom. The summed E-state index contributed by atoms with van der Waals surface area (Å²) >= 11 is 6.55. The number of hydrogen-bond donors (Lipinski definition) is 4. The van der Waals surface area contributed by atoms with E-state index in [1.54, 1.807) is 6.20 Å². The van der Waals surface area contributed by atoms with Gasteiger partial charge in [-0.05, 0) is 75.7 Å². The molecule has 0 atom stereocenters. The third kappa shape index (κ3) is 3.55. The highest BCUT2D eigenvalue weighted by Crippen LogP contribution is 2.48. The zero-order chi connectivity index (χ0) is 21.6. The van der Waals surface area contributed by atoms with Crippen molar-refractivity contribution in [1.29, 1.82) is 0 Å². The summed E-state index contributed by atoms with van der Waals surface area (Å²) in [5, 5.41) is 18.4. The van der Waals surface area contributed by atoms with Gasteiger partial charge in [0, 0.05) is 28.8 Å². The second kappa shape index (κ2) is 7.67. The standard InChI is InChI=1S/C24H28ClN5O/c1-15-19(21-17(25)13-28-22(26)30-21)16(4-7-24(31)5-2-3-6-24)12-18-20(15)23(14-29-18)8-10-27-11-9-23/h12-13,27,29,31H,2-3,5-6,8-11,14H2,1H3,(H2,26,28,30). The molecule has 0 unspecified atom stereocenters. The van der Waals surface area contributed by atoms with E-state index >= 15 is 0 Å². The number of piperidine rings is 1. The van der Waals surface area contributed by atoms with E-state index in [1.807, 2.05) is 0 Å². The van der Waals surface area contributed by atoms with Gasteiger partial charge in [-0.15, -0.1) is 0 Å². The van der Waals surface area contributed by atoms with Crippen molar-refractivity contribution in [2.75, 3.05) is 30.7 Å². The highest BCUT2D eigenvalue weighted by molar-refractivity contribution is 6.33. The smallest absolute Gasteiger partial charge is 0.220 e. The van der Waals surface area contributed by atoms with E-state index < -0.39 is 5.60 Å². The lowest BCUT2D eigenvalue weighted by Crippen LogP contribution is -2.41. The van der Waals surface area contributed by atoms with Crippen molar-refractivity contribution in [3.63, 3.8) is 0 Å². The van der Waals surface area contributed by atoms with Crippen LogP contribution in [0.5, 0.6) is 0 Å². The molecule has 0 amide bonds. The quantitative estimate of drug-likeness (QED) is 0.511. The predicted molar refractivity (Wildman–Crippen MR) is 124 cm³/mol. The van der Waals surface area contributed by atoms with E-state index in [4.69, 9.17) is 17.3 Å². The Hall–Kier alpha value is -2.33. The first-order valence-electron chi connectivity index (χ1n) is 11.1. The Morgan fingerprint density at radius 1 is 1.19 bits per heavy atom. The SMILES string of the molecule is Cc1c(-c2nc(N)ncc2Cl)c(C#CC2(O)CCCC2)cc2c1C1(CCNCC1)CN2. The van der Waals surface area contributed by atoms with Gasteiger partial charge in [-0.1, -0.05) is 23.4 Å². The van der Waals surface area contributed by atoms with Crippen LogP contribution >= 0.6 is 11.6 Å². The van der Waals surface area contributed by atoms with Gasteiger partial charge >= 0.3 is 0 Å². The molecule has 7 heteroatoms. The van der Waals surface area contributed by atoms with E-state index in [9.17, 15) is 5.11 Å². The second-order valence-electron chi connectivity index (χ2n) is 9.14. The Bertz CT molecular complexity index is 1090. The molecular weight excluding hydrogens is 410 g/mol. The highest BCUT2D eigenvalue weighted by atomic mass is 35.5. The molecule has 1 aromatic carbocycles. The number of benzene rings is 1. The molecule has 5 rings (SSSR count). The molecule has 1 aromatic heterocycles. The van der Waals surface area contributed by atoms with Crippen LogP contribution in [0.4, 0.5) is 11.6 Å². The lowest BCUT2D eigenvalue weighted by atomic mass is 9.72. The van der Waals surface area contributed by atoms with E-state index in [0.29, 0.717) is 10.7 Å². The number of anilines is 2. The highest BCUT2D eigenvalue weighted by Gasteiger charge is 2.42. The molecule has 5 N–H and O–H groups in total. The van der Waals surface area contributed by atoms with Crippen LogP contribution in [0.1, 0.15) is 55.2 Å². The van der Waals surface area contributed by atoms with E-state index in [1.165, 1.54) is 5.56 Å². The number of hydrogen-bond acceptors (Lipinski definition) is 6. The minimum absolute atomic E-state index is 0.0973. The first kappa shape index (κ1) is 20.6. The van der Waals surface area contributed by atoms with Gasteiger partial charge in [0.2, 0.25) is 5.95 Å². The third-order valence-electron chi connectivity index (χ3n) is 7.15. The van der Waals surface area contributed by atoms with Crippen LogP contribution in [0.15, 0.2) is 12.3 Å². The van der Waals surface area contributed by atoms with Gasteiger partial charge < -0.3 is 21.5 Å². The minimum Gasteiger partial charge on any atom is -0.384 e. The topological polar surface area (TPSA) is 96.1 Å².